The molecule has 0 saturated carbocycles. The number of unbranched alkanes of at least 4 members (excludes halogenated alkanes) is 1. The fourth-order valence-corrected chi connectivity index (χ4v) is 3.38. The van der Waals surface area contributed by atoms with Gasteiger partial charge in [-0.15, -0.1) is 0 Å². The number of para-hydroxylation sites is 1. The Balaban J connectivity index is 2.09. The van der Waals surface area contributed by atoms with E-state index in [0.29, 0.717) is 17.8 Å². The Kier molecular flexibility index (Phi) is 5.21. The van der Waals surface area contributed by atoms with E-state index in [9.17, 15) is 9.59 Å². The number of aryl methyl sites for hydroxylation is 1. The van der Waals surface area contributed by atoms with Crippen LogP contribution < -0.4 is 5.32 Å². The Morgan fingerprint density at radius 2 is 1.96 bits per heavy atom. The molecular formula is C22H24N2O2. The molecule has 0 spiro atoms. The molecule has 1 atom stereocenters. The van der Waals surface area contributed by atoms with Gasteiger partial charge in [-0.1, -0.05) is 56.3 Å². The van der Waals surface area contributed by atoms with Gasteiger partial charge in [0.1, 0.15) is 6.04 Å². The minimum atomic E-state index is -0.640. The van der Waals surface area contributed by atoms with Crippen LogP contribution in [0, 0.1) is 6.92 Å². The molecular weight excluding hydrogens is 324 g/mol. The highest BCUT2D eigenvalue weighted by molar-refractivity contribution is 6.10. The van der Waals surface area contributed by atoms with E-state index in [4.69, 9.17) is 0 Å². The van der Waals surface area contributed by atoms with E-state index >= 15 is 0 Å². The van der Waals surface area contributed by atoms with Gasteiger partial charge in [0.25, 0.3) is 11.8 Å². The molecule has 4 nitrogen and oxygen atoms in total. The smallest absolute Gasteiger partial charge is 0.256 e. The number of fused-ring (bicyclic) bond motifs is 1. The van der Waals surface area contributed by atoms with Crippen molar-refractivity contribution in [3.63, 3.8) is 0 Å². The van der Waals surface area contributed by atoms with Gasteiger partial charge in [-0.25, -0.2) is 0 Å². The summed E-state index contributed by atoms with van der Waals surface area (Å²) < 4.78 is 0. The van der Waals surface area contributed by atoms with Gasteiger partial charge in [0.05, 0.1) is 11.3 Å². The van der Waals surface area contributed by atoms with Crippen LogP contribution in [-0.2, 0) is 4.79 Å². The van der Waals surface area contributed by atoms with Crippen molar-refractivity contribution in [1.29, 1.82) is 0 Å². The topological polar surface area (TPSA) is 49.4 Å². The van der Waals surface area contributed by atoms with Crippen molar-refractivity contribution in [3.05, 3.63) is 71.3 Å². The van der Waals surface area contributed by atoms with Crippen molar-refractivity contribution < 1.29 is 9.59 Å². The highest BCUT2D eigenvalue weighted by atomic mass is 16.2. The summed E-state index contributed by atoms with van der Waals surface area (Å²) in [6.07, 6.45) is 3.59. The summed E-state index contributed by atoms with van der Waals surface area (Å²) in [6.45, 7) is 8.43. The number of rotatable bonds is 5. The normalized spacial score (nSPS) is 16.7. The van der Waals surface area contributed by atoms with E-state index in [1.165, 1.54) is 0 Å². The fourth-order valence-electron chi connectivity index (χ4n) is 3.38. The van der Waals surface area contributed by atoms with Gasteiger partial charge in [0, 0.05) is 6.54 Å². The molecule has 1 N–H and O–H groups in total. The largest absolute Gasteiger partial charge is 0.323 e. The van der Waals surface area contributed by atoms with Gasteiger partial charge in [0.15, 0.2) is 0 Å². The molecule has 3 rings (SSSR count). The Hall–Kier alpha value is -2.88. The number of hydrogen-bond acceptors (Lipinski definition) is 2. The second-order valence-corrected chi connectivity index (χ2v) is 6.61. The molecule has 2 amide bonds. The average molecular weight is 348 g/mol. The number of carbonyl (C=O) groups is 2. The Morgan fingerprint density at radius 3 is 2.65 bits per heavy atom. The number of anilines is 1. The third kappa shape index (κ3) is 3.27. The van der Waals surface area contributed by atoms with Crippen molar-refractivity contribution in [2.75, 3.05) is 11.9 Å². The highest BCUT2D eigenvalue weighted by Crippen LogP contribution is 2.32. The summed E-state index contributed by atoms with van der Waals surface area (Å²) >= 11 is 0. The number of nitrogens with one attached hydrogen (secondary N) is 1. The van der Waals surface area contributed by atoms with Gasteiger partial charge >= 0.3 is 0 Å². The third-order valence-electron chi connectivity index (χ3n) is 4.82. The van der Waals surface area contributed by atoms with Crippen LogP contribution in [0.15, 0.2) is 49.0 Å². The molecule has 134 valence electrons. The number of nitrogens with zero attached hydrogens (tertiary/aromatic N) is 1. The van der Waals surface area contributed by atoms with Crippen LogP contribution in [-0.4, -0.2) is 23.3 Å². The lowest BCUT2D eigenvalue weighted by atomic mass is 9.98. The molecule has 2 aromatic carbocycles. The van der Waals surface area contributed by atoms with Gasteiger partial charge in [-0.3, -0.25) is 9.59 Å². The molecule has 0 aromatic heterocycles. The predicted molar refractivity (Wildman–Crippen MR) is 105 cm³/mol. The van der Waals surface area contributed by atoms with E-state index in [2.05, 4.69) is 18.8 Å². The molecule has 1 unspecified atom stereocenters. The molecule has 1 aliphatic heterocycles. The molecule has 0 bridgehead atoms. The van der Waals surface area contributed by atoms with E-state index in [1.807, 2.05) is 37.3 Å². The Bertz CT molecular complexity index is 857. The first kappa shape index (κ1) is 17.9. The van der Waals surface area contributed by atoms with Crippen molar-refractivity contribution in [2.45, 2.75) is 32.7 Å². The molecule has 1 aliphatic rings. The molecule has 0 fully saturated rings. The van der Waals surface area contributed by atoms with Gasteiger partial charge in [0.2, 0.25) is 0 Å². The average Bonchev–Trinajstić information content (AvgIpc) is 2.74. The molecule has 0 radical (unpaired) electrons. The summed E-state index contributed by atoms with van der Waals surface area (Å²) in [7, 11) is 0. The fraction of sp³-hybridized carbons (Fsp3) is 0.273. The number of amides is 2. The van der Waals surface area contributed by atoms with Crippen LogP contribution in [0.1, 0.15) is 52.9 Å². The highest BCUT2D eigenvalue weighted by Gasteiger charge is 2.36. The quantitative estimate of drug-likeness (QED) is 0.860. The molecule has 2 aromatic rings. The van der Waals surface area contributed by atoms with E-state index < -0.39 is 6.04 Å². The SMILES string of the molecule is C=Cc1ccc(C2C(=O)Nc3ccccc3C(=O)N2CCCC)cc1C. The predicted octanol–water partition coefficient (Wildman–Crippen LogP) is 4.57. The number of benzene rings is 2. The lowest BCUT2D eigenvalue weighted by molar-refractivity contribution is -0.120. The zero-order valence-electron chi connectivity index (χ0n) is 15.3. The minimum Gasteiger partial charge on any atom is -0.323 e. The third-order valence-corrected chi connectivity index (χ3v) is 4.82. The summed E-state index contributed by atoms with van der Waals surface area (Å²) in [4.78, 5) is 27.9. The lowest BCUT2D eigenvalue weighted by Gasteiger charge is -2.29. The number of hydrogen-bond donors (Lipinski definition) is 1. The van der Waals surface area contributed by atoms with Crippen molar-refractivity contribution >= 4 is 23.6 Å². The van der Waals surface area contributed by atoms with Crippen LogP contribution in [0.3, 0.4) is 0 Å². The van der Waals surface area contributed by atoms with E-state index in [0.717, 1.165) is 29.5 Å². The van der Waals surface area contributed by atoms with Crippen LogP contribution >= 0.6 is 0 Å². The first-order valence-electron chi connectivity index (χ1n) is 9.00. The Labute approximate surface area is 154 Å². The second kappa shape index (κ2) is 7.56. The maximum atomic E-state index is 13.2. The van der Waals surface area contributed by atoms with Gasteiger partial charge < -0.3 is 10.2 Å². The van der Waals surface area contributed by atoms with Gasteiger partial charge in [-0.2, -0.15) is 0 Å². The van der Waals surface area contributed by atoms with Crippen LogP contribution in [0.2, 0.25) is 0 Å². The summed E-state index contributed by atoms with van der Waals surface area (Å²) in [6, 6.07) is 12.4. The molecule has 26 heavy (non-hydrogen) atoms. The Morgan fingerprint density at radius 1 is 1.19 bits per heavy atom. The standard InChI is InChI=1S/C22H24N2O2/c1-4-6-13-24-20(17-12-11-16(5-2)15(3)14-17)21(25)23-19-10-8-7-9-18(19)22(24)26/h5,7-12,14,20H,2,4,6,13H2,1,3H3,(H,23,25). The first-order valence-corrected chi connectivity index (χ1v) is 9.00. The monoisotopic (exact) mass is 348 g/mol. The maximum absolute atomic E-state index is 13.2. The summed E-state index contributed by atoms with van der Waals surface area (Å²) in [5.74, 6) is -0.284. The van der Waals surface area contributed by atoms with Crippen molar-refractivity contribution in [3.8, 4) is 0 Å². The van der Waals surface area contributed by atoms with Crippen LogP contribution in [0.25, 0.3) is 6.08 Å². The van der Waals surface area contributed by atoms with Crippen molar-refractivity contribution in [2.24, 2.45) is 0 Å². The summed E-state index contributed by atoms with van der Waals surface area (Å²) in [5, 5.41) is 2.93. The molecule has 0 saturated heterocycles. The van der Waals surface area contributed by atoms with Crippen LogP contribution in [0.5, 0.6) is 0 Å². The zero-order valence-corrected chi connectivity index (χ0v) is 15.3. The second-order valence-electron chi connectivity index (χ2n) is 6.61. The van der Waals surface area contributed by atoms with Crippen molar-refractivity contribution in [1.82, 2.24) is 4.90 Å². The minimum absolute atomic E-state index is 0.108. The van der Waals surface area contributed by atoms with Gasteiger partial charge in [-0.05, 0) is 42.2 Å². The number of carbonyl (C=O) groups excluding carboxylic acids is 2. The molecule has 4 heteroatoms. The zero-order chi connectivity index (χ0) is 18.7. The van der Waals surface area contributed by atoms with Crippen LogP contribution in [0.4, 0.5) is 5.69 Å². The maximum Gasteiger partial charge on any atom is 0.256 e. The first-order chi connectivity index (χ1) is 12.6. The molecule has 0 aliphatic carbocycles. The molecule has 1 heterocycles. The summed E-state index contributed by atoms with van der Waals surface area (Å²) in [5.41, 5.74) is 4.00. The van der Waals surface area contributed by atoms with E-state index in [-0.39, 0.29) is 11.8 Å². The van der Waals surface area contributed by atoms with E-state index in [1.54, 1.807) is 23.1 Å². The lowest BCUT2D eigenvalue weighted by Crippen LogP contribution is -2.39.